The third-order valence-electron chi connectivity index (χ3n) is 1.46. The van der Waals surface area contributed by atoms with Gasteiger partial charge in [-0.15, -0.1) is 0 Å². The lowest BCUT2D eigenvalue weighted by Crippen LogP contribution is -2.02. The first kappa shape index (κ1) is 18.3. The van der Waals surface area contributed by atoms with Crippen molar-refractivity contribution in [2.75, 3.05) is 0 Å². The van der Waals surface area contributed by atoms with Crippen molar-refractivity contribution >= 4 is 7.25 Å². The fourth-order valence-corrected chi connectivity index (χ4v) is 0.769. The van der Waals surface area contributed by atoms with Gasteiger partial charge in [0.1, 0.15) is 0 Å². The highest BCUT2D eigenvalue weighted by Gasteiger charge is 2.20. The van der Waals surface area contributed by atoms with Gasteiger partial charge in [-0.2, -0.15) is 0 Å². The van der Waals surface area contributed by atoms with E-state index in [0.29, 0.717) is 0 Å². The molecule has 0 atom stereocenters. The number of hydrogen-bond acceptors (Lipinski definition) is 0. The maximum atomic E-state index is 9.75. The van der Waals surface area contributed by atoms with Gasteiger partial charge in [-0.05, 0) is 0 Å². The van der Waals surface area contributed by atoms with Gasteiger partial charge in [0.05, 0.1) is 0 Å². The van der Waals surface area contributed by atoms with Crippen molar-refractivity contribution in [2.24, 2.45) is 0 Å². The van der Waals surface area contributed by atoms with Crippen LogP contribution < -0.4 is 4.98 Å². The van der Waals surface area contributed by atoms with Gasteiger partial charge in [-0.25, -0.2) is 4.98 Å². The summed E-state index contributed by atoms with van der Waals surface area (Å²) in [5.74, 6) is 0. The molecule has 0 amide bonds. The van der Waals surface area contributed by atoms with Gasteiger partial charge in [-0.1, -0.05) is 45.6 Å². The van der Waals surface area contributed by atoms with Crippen LogP contribution in [0.5, 0.6) is 0 Å². The van der Waals surface area contributed by atoms with Crippen LogP contribution in [0.25, 0.3) is 0 Å². The number of pyridine rings is 1. The van der Waals surface area contributed by atoms with Crippen LogP contribution >= 0.6 is 0 Å². The number of nitrogens with one attached hydrogen (secondary N) is 1. The minimum atomic E-state index is -6.00. The first-order valence-corrected chi connectivity index (χ1v) is 5.49. The molecule has 1 nitrogen and oxygen atoms in total. The molecule has 6 heteroatoms. The van der Waals surface area contributed by atoms with Gasteiger partial charge >= 0.3 is 7.25 Å². The number of aromatic nitrogens is 1. The van der Waals surface area contributed by atoms with Crippen LogP contribution in [0.2, 0.25) is 0 Å². The molecule has 0 saturated heterocycles. The average molecular weight is 252 g/mol. The summed E-state index contributed by atoms with van der Waals surface area (Å²) < 4.78 is 39.0. The zero-order chi connectivity index (χ0) is 13.6. The van der Waals surface area contributed by atoms with E-state index >= 15 is 0 Å². The number of rotatable bonds is 3. The molecule has 1 aromatic heterocycles. The van der Waals surface area contributed by atoms with E-state index in [-0.39, 0.29) is 0 Å². The van der Waals surface area contributed by atoms with E-state index in [2.05, 4.69) is 18.8 Å². The first-order valence-electron chi connectivity index (χ1n) is 5.49. The summed E-state index contributed by atoms with van der Waals surface area (Å²) in [7, 11) is -6.00. The second-order valence-electron chi connectivity index (χ2n) is 3.13. The molecule has 1 heterocycles. The molecule has 1 N–H and O–H groups in total. The van der Waals surface area contributed by atoms with Gasteiger partial charge in [0.2, 0.25) is 0 Å². The second kappa shape index (κ2) is 13.0. The van der Waals surface area contributed by atoms with Gasteiger partial charge < -0.3 is 17.3 Å². The van der Waals surface area contributed by atoms with Crippen molar-refractivity contribution in [3.8, 4) is 0 Å². The number of aromatic amines is 1. The van der Waals surface area contributed by atoms with Gasteiger partial charge in [0, 0.05) is 12.1 Å². The van der Waals surface area contributed by atoms with E-state index in [1.54, 1.807) is 0 Å². The highest BCUT2D eigenvalue weighted by atomic mass is 19.5. The lowest BCUT2D eigenvalue weighted by atomic mass is 10.2. The summed E-state index contributed by atoms with van der Waals surface area (Å²) >= 11 is 0. The normalized spacial score (nSPS) is 9.53. The number of halogens is 4. The van der Waals surface area contributed by atoms with Crippen LogP contribution in [0.15, 0.2) is 30.6 Å². The van der Waals surface area contributed by atoms with Crippen LogP contribution in [-0.2, 0) is 0 Å². The van der Waals surface area contributed by atoms with E-state index < -0.39 is 7.25 Å². The molecule has 0 unspecified atom stereocenters. The first-order chi connectivity index (χ1) is 7.91. The fourth-order valence-electron chi connectivity index (χ4n) is 0.769. The van der Waals surface area contributed by atoms with E-state index in [1.165, 1.54) is 19.3 Å². The summed E-state index contributed by atoms with van der Waals surface area (Å²) in [4.78, 5) is 2.89. The summed E-state index contributed by atoms with van der Waals surface area (Å²) in [5, 5.41) is 0. The largest absolute Gasteiger partial charge is 0.673 e. The molecule has 0 aliphatic rings. The molecule has 0 aromatic carbocycles. The molecule has 0 saturated carbocycles. The quantitative estimate of drug-likeness (QED) is 0.435. The van der Waals surface area contributed by atoms with E-state index in [1.807, 2.05) is 30.6 Å². The zero-order valence-electron chi connectivity index (χ0n) is 10.0. The summed E-state index contributed by atoms with van der Waals surface area (Å²) in [6.07, 6.45) is 8.82. The Morgan fingerprint density at radius 1 is 1.00 bits per heavy atom. The van der Waals surface area contributed by atoms with Crippen LogP contribution in [0.1, 0.15) is 32.6 Å². The summed E-state index contributed by atoms with van der Waals surface area (Å²) in [6, 6.07) is 5.86. The maximum Gasteiger partial charge on any atom is 0.673 e. The molecular formula is C11H19BF4N. The molecule has 1 aromatic rings. The molecule has 99 valence electrons. The highest BCUT2D eigenvalue weighted by Crippen LogP contribution is 2.06. The van der Waals surface area contributed by atoms with Gasteiger partial charge in [0.15, 0.2) is 12.4 Å². The van der Waals surface area contributed by atoms with E-state index in [9.17, 15) is 17.3 Å². The van der Waals surface area contributed by atoms with Crippen LogP contribution in [-0.4, -0.2) is 7.25 Å². The predicted molar refractivity (Wildman–Crippen MR) is 62.7 cm³/mol. The van der Waals surface area contributed by atoms with Crippen molar-refractivity contribution in [1.82, 2.24) is 0 Å². The zero-order valence-corrected chi connectivity index (χ0v) is 10.0. The average Bonchev–Trinajstić information content (AvgIpc) is 2.27. The lowest BCUT2D eigenvalue weighted by molar-refractivity contribution is -0.377. The van der Waals surface area contributed by atoms with Crippen molar-refractivity contribution < 1.29 is 22.2 Å². The number of H-pyrrole nitrogens is 1. The van der Waals surface area contributed by atoms with E-state index in [4.69, 9.17) is 0 Å². The Balaban J connectivity index is 0. The molecule has 17 heavy (non-hydrogen) atoms. The minimum Gasteiger partial charge on any atom is -0.418 e. The molecule has 0 aliphatic carbocycles. The Labute approximate surface area is 100 Å². The van der Waals surface area contributed by atoms with Crippen LogP contribution in [0, 0.1) is 6.92 Å². The monoisotopic (exact) mass is 252 g/mol. The van der Waals surface area contributed by atoms with E-state index in [0.717, 1.165) is 6.42 Å². The minimum absolute atomic E-state index is 1.10. The molecule has 1 rings (SSSR count). The molecular weight excluding hydrogens is 233 g/mol. The maximum absolute atomic E-state index is 9.75. The SMILES string of the molecule is F[B-](F)(F)F.[CH2]CCCCC.c1cc[nH+]cc1. The molecule has 0 bridgehead atoms. The molecule has 0 spiro atoms. The van der Waals surface area contributed by atoms with Crippen molar-refractivity contribution in [3.63, 3.8) is 0 Å². The highest BCUT2D eigenvalue weighted by molar-refractivity contribution is 6.50. The fraction of sp³-hybridized carbons (Fsp3) is 0.455. The Morgan fingerprint density at radius 2 is 1.47 bits per heavy atom. The Kier molecular flexibility index (Phi) is 14.0. The number of hydrogen-bond donors (Lipinski definition) is 0. The second-order valence-corrected chi connectivity index (χ2v) is 3.13. The van der Waals surface area contributed by atoms with Crippen LogP contribution in [0.3, 0.4) is 0 Å². The number of unbranched alkanes of at least 4 members (excludes halogenated alkanes) is 3. The van der Waals surface area contributed by atoms with Crippen molar-refractivity contribution in [1.29, 1.82) is 0 Å². The van der Waals surface area contributed by atoms with Gasteiger partial charge in [-0.3, -0.25) is 0 Å². The van der Waals surface area contributed by atoms with Crippen molar-refractivity contribution in [3.05, 3.63) is 37.5 Å². The predicted octanol–water partition coefficient (Wildman–Crippen LogP) is 4.20. The topological polar surface area (TPSA) is 14.1 Å². The lowest BCUT2D eigenvalue weighted by Gasteiger charge is -1.94. The standard InChI is InChI=1S/C6H13.C5H5N.BF4/c1-3-5-6-4-2;1-2-4-6-5-3-1;2-1(3,4)5/h1,3-6H2,2H3;1-5H;/q;;-1/p+1. The Morgan fingerprint density at radius 3 is 1.59 bits per heavy atom. The van der Waals surface area contributed by atoms with Gasteiger partial charge in [0.25, 0.3) is 0 Å². The third kappa shape index (κ3) is 39.7. The van der Waals surface area contributed by atoms with Crippen LogP contribution in [0.4, 0.5) is 17.3 Å². The summed E-state index contributed by atoms with van der Waals surface area (Å²) in [6.45, 7) is 5.93. The molecule has 1 radical (unpaired) electrons. The Hall–Kier alpha value is -1.07. The summed E-state index contributed by atoms with van der Waals surface area (Å²) in [5.41, 5.74) is 0. The Bertz CT molecular complexity index is 192. The van der Waals surface area contributed by atoms with Crippen molar-refractivity contribution in [2.45, 2.75) is 32.6 Å². The molecule has 0 aliphatic heterocycles. The third-order valence-corrected chi connectivity index (χ3v) is 1.46. The smallest absolute Gasteiger partial charge is 0.418 e. The molecule has 0 fully saturated rings.